The second kappa shape index (κ2) is 20.3. The van der Waals surface area contributed by atoms with Crippen molar-refractivity contribution in [3.05, 3.63) is 303 Å². The van der Waals surface area contributed by atoms with Crippen molar-refractivity contribution in [2.45, 2.75) is 0 Å². The van der Waals surface area contributed by atoms with Gasteiger partial charge in [-0.15, -0.1) is 0 Å². The van der Waals surface area contributed by atoms with Crippen molar-refractivity contribution in [2.24, 2.45) is 0 Å². The first-order chi connectivity index (χ1) is 43.2. The molecule has 0 N–H and O–H groups in total. The summed E-state index contributed by atoms with van der Waals surface area (Å²) in [6.45, 7) is -0.153. The van der Waals surface area contributed by atoms with Crippen LogP contribution < -0.4 is 70.2 Å². The minimum absolute atomic E-state index is 0.0765. The van der Waals surface area contributed by atoms with Crippen LogP contribution in [0.15, 0.2) is 308 Å². The molecule has 0 amide bonds. The van der Waals surface area contributed by atoms with Gasteiger partial charge in [0, 0.05) is 0 Å². The molecule has 0 saturated carbocycles. The Hall–Kier alpha value is -9.97. The Balaban J connectivity index is 0.960. The zero-order valence-electron chi connectivity index (χ0n) is 47.0. The summed E-state index contributed by atoms with van der Waals surface area (Å²) in [5.41, 5.74) is 26.3. The fourth-order valence-corrected chi connectivity index (χ4v) is 20.3. The van der Waals surface area contributed by atoms with Crippen molar-refractivity contribution in [3.8, 4) is 11.1 Å². The van der Waals surface area contributed by atoms with Gasteiger partial charge in [-0.1, -0.05) is 0 Å². The molecule has 14 aromatic rings. The van der Waals surface area contributed by atoms with Gasteiger partial charge in [0.15, 0.2) is 0 Å². The topological polar surface area (TPSA) is 26.1 Å². The molecule has 18 rings (SSSR count). The molecule has 13 aromatic carbocycles. The Kier molecular flexibility index (Phi) is 11.8. The van der Waals surface area contributed by atoms with E-state index in [1.807, 2.05) is 0 Å². The number of anilines is 12. The van der Waals surface area contributed by atoms with Gasteiger partial charge in [-0.3, -0.25) is 0 Å². The maximum absolute atomic E-state index is 7.25. The number of fused-ring (bicyclic) bond motifs is 11. The number of hydrogen-bond acceptors (Lipinski definition) is 5. The number of rotatable bonds is 9. The van der Waals surface area contributed by atoms with Gasteiger partial charge in [0.1, 0.15) is 0 Å². The van der Waals surface area contributed by atoms with E-state index in [1.54, 1.807) is 0 Å². The van der Waals surface area contributed by atoms with Crippen LogP contribution in [0.2, 0.25) is 0 Å². The molecule has 406 valence electrons. The first kappa shape index (κ1) is 50.4. The summed E-state index contributed by atoms with van der Waals surface area (Å²) in [5.74, 6) is 0. The molecule has 0 unspecified atom stereocenters. The second-order valence-electron chi connectivity index (χ2n) is 22.7. The van der Waals surface area contributed by atoms with Crippen molar-refractivity contribution in [2.75, 3.05) is 19.6 Å². The third-order valence-corrected chi connectivity index (χ3v) is 22.9. The van der Waals surface area contributed by atoms with Crippen LogP contribution >= 0.6 is 0 Å². The standard InChI is InChI=1S/C78H50B2N4OSe2/c1-7-26-51(27-8-1)81(52-28-9-2-10-29-52)57-46-68-74-71(48-57)86-77-64(79(74)62-41-20-22-43-66(62)83(68)55-34-15-5-16-35-55)50-65-78(73(77)61-40-25-39-60-59-38-19-24-45-70(59)85-76(60)61)87-72-49-58(82(53-30-11-3-12-31-53)54-32-13-4-14-33-54)47-69-75(72)80(65)63-42-21-23-44-67(63)84(69)56-36-17-6-18-37-56/h1-50H. The fourth-order valence-electron chi connectivity index (χ4n) is 14.3. The van der Waals surface area contributed by atoms with Gasteiger partial charge >= 0.3 is 523 Å². The van der Waals surface area contributed by atoms with Crippen molar-refractivity contribution < 1.29 is 4.42 Å². The number of nitrogens with zero attached hydrogens (tertiary/aromatic N) is 4. The molecule has 0 aliphatic carbocycles. The third-order valence-electron chi connectivity index (χ3n) is 17.9. The first-order valence-electron chi connectivity index (χ1n) is 29.7. The summed E-state index contributed by atoms with van der Waals surface area (Å²) in [7, 11) is 0. The molecule has 1 aromatic heterocycles. The first-order valence-corrected chi connectivity index (χ1v) is 33.1. The monoisotopic (exact) mass is 1240 g/mol. The number of furan rings is 1. The molecule has 5 nitrogen and oxygen atoms in total. The Morgan fingerprint density at radius 3 is 1.16 bits per heavy atom. The summed E-state index contributed by atoms with van der Waals surface area (Å²) < 4.78 is 12.9. The minimum atomic E-state index is -0.201. The van der Waals surface area contributed by atoms with E-state index in [1.165, 1.54) is 78.9 Å². The third kappa shape index (κ3) is 7.94. The Morgan fingerprint density at radius 1 is 0.310 bits per heavy atom. The SMILES string of the molecule is c1ccc(N(c2ccccc2)c2cc3c4c(c2)N(c2ccccc2)c2ccccc2B4c2cc4c(c(-c5cccc6c5oc5ccccc56)c2[Se]3)[Se]c2cc(N(c3ccccc3)c3ccccc3)cc3c2B4c2ccccc2N3c2ccccc2)cc1. The zero-order valence-corrected chi connectivity index (χ0v) is 50.5. The van der Waals surface area contributed by atoms with E-state index in [0.717, 1.165) is 73.0 Å². The molecule has 0 atom stereocenters. The van der Waals surface area contributed by atoms with Crippen LogP contribution in [-0.4, -0.2) is 43.3 Å². The van der Waals surface area contributed by atoms with E-state index >= 15 is 0 Å². The van der Waals surface area contributed by atoms with E-state index in [4.69, 9.17) is 4.42 Å². The molecule has 0 radical (unpaired) electrons. The molecule has 4 aliphatic heterocycles. The molecule has 87 heavy (non-hydrogen) atoms. The van der Waals surface area contributed by atoms with Crippen LogP contribution in [0.4, 0.5) is 68.2 Å². The van der Waals surface area contributed by atoms with E-state index in [0.29, 0.717) is 0 Å². The van der Waals surface area contributed by atoms with Crippen LogP contribution in [-0.2, 0) is 0 Å². The molecule has 0 bridgehead atoms. The van der Waals surface area contributed by atoms with Crippen LogP contribution in [0, 0.1) is 0 Å². The van der Waals surface area contributed by atoms with E-state index in [2.05, 4.69) is 323 Å². The molecule has 5 heterocycles. The molecular formula is C78H50B2N4OSe2. The van der Waals surface area contributed by atoms with Gasteiger partial charge in [0.05, 0.1) is 0 Å². The van der Waals surface area contributed by atoms with E-state index in [9.17, 15) is 0 Å². The normalized spacial score (nSPS) is 13.1. The quantitative estimate of drug-likeness (QED) is 0.134. The molecular weight excluding hydrogens is 1190 g/mol. The predicted molar refractivity (Wildman–Crippen MR) is 370 cm³/mol. The molecule has 0 spiro atoms. The van der Waals surface area contributed by atoms with Gasteiger partial charge in [0.25, 0.3) is 0 Å². The summed E-state index contributed by atoms with van der Waals surface area (Å²) in [6.07, 6.45) is 0. The Morgan fingerprint density at radius 2 is 0.701 bits per heavy atom. The van der Waals surface area contributed by atoms with Gasteiger partial charge in [-0.25, -0.2) is 0 Å². The Bertz CT molecular complexity index is 4700. The van der Waals surface area contributed by atoms with Crippen molar-refractivity contribution >= 4 is 184 Å². The molecule has 9 heteroatoms. The van der Waals surface area contributed by atoms with Gasteiger partial charge in [0.2, 0.25) is 0 Å². The summed E-state index contributed by atoms with van der Waals surface area (Å²) in [4.78, 5) is 9.99. The fraction of sp³-hybridized carbons (Fsp3) is 0. The number of benzene rings is 13. The van der Waals surface area contributed by atoms with Crippen molar-refractivity contribution in [1.29, 1.82) is 0 Å². The summed E-state index contributed by atoms with van der Waals surface area (Å²) in [5, 5.41) is 2.28. The molecule has 4 aliphatic rings. The van der Waals surface area contributed by atoms with E-state index in [-0.39, 0.29) is 43.3 Å². The maximum atomic E-state index is 7.25. The summed E-state index contributed by atoms with van der Waals surface area (Å²) in [6, 6.07) is 112. The molecule has 0 fully saturated rings. The van der Waals surface area contributed by atoms with E-state index < -0.39 is 0 Å². The zero-order chi connectivity index (χ0) is 57.1. The van der Waals surface area contributed by atoms with Gasteiger partial charge < -0.3 is 0 Å². The van der Waals surface area contributed by atoms with Crippen LogP contribution in [0.3, 0.4) is 0 Å². The van der Waals surface area contributed by atoms with Crippen LogP contribution in [0.25, 0.3) is 33.1 Å². The van der Waals surface area contributed by atoms with Crippen molar-refractivity contribution in [1.82, 2.24) is 0 Å². The predicted octanol–water partition coefficient (Wildman–Crippen LogP) is 12.7. The van der Waals surface area contributed by atoms with Crippen LogP contribution in [0.1, 0.15) is 0 Å². The molecule has 0 saturated heterocycles. The van der Waals surface area contributed by atoms with Gasteiger partial charge in [-0.2, -0.15) is 0 Å². The second-order valence-corrected chi connectivity index (χ2v) is 27.1. The average molecular weight is 1240 g/mol. The average Bonchev–Trinajstić information content (AvgIpc) is 0.896. The summed E-state index contributed by atoms with van der Waals surface area (Å²) >= 11 is -0.402. The van der Waals surface area contributed by atoms with Gasteiger partial charge in [-0.05, 0) is 0 Å². The van der Waals surface area contributed by atoms with Crippen molar-refractivity contribution in [3.63, 3.8) is 0 Å². The number of hydrogen-bond donors (Lipinski definition) is 0. The van der Waals surface area contributed by atoms with Crippen LogP contribution in [0.5, 0.6) is 0 Å². The number of para-hydroxylation sites is 10. The Labute approximate surface area is 518 Å².